The van der Waals surface area contributed by atoms with Crippen molar-refractivity contribution in [2.45, 2.75) is 25.8 Å². The number of anilines is 1. The van der Waals surface area contributed by atoms with Crippen molar-refractivity contribution in [3.05, 3.63) is 30.3 Å². The third-order valence-electron chi connectivity index (χ3n) is 3.59. The highest BCUT2D eigenvalue weighted by Gasteiger charge is 2.32. The van der Waals surface area contributed by atoms with Crippen LogP contribution in [-0.2, 0) is 14.4 Å². The lowest BCUT2D eigenvalue weighted by atomic mass is 10.0. The van der Waals surface area contributed by atoms with Gasteiger partial charge in [0, 0.05) is 12.2 Å². The Bertz CT molecular complexity index is 544. The van der Waals surface area contributed by atoms with Crippen LogP contribution in [0.3, 0.4) is 0 Å². The quantitative estimate of drug-likeness (QED) is 0.811. The molecule has 112 valence electrons. The number of aliphatic carboxylic acids is 1. The normalized spacial score (nSPS) is 20.0. The van der Waals surface area contributed by atoms with Gasteiger partial charge in [-0.25, -0.2) is 0 Å². The fourth-order valence-corrected chi connectivity index (χ4v) is 2.28. The first kappa shape index (κ1) is 15.0. The van der Waals surface area contributed by atoms with Gasteiger partial charge in [-0.15, -0.1) is 0 Å². The van der Waals surface area contributed by atoms with Crippen LogP contribution in [0.25, 0.3) is 0 Å². The second-order valence-corrected chi connectivity index (χ2v) is 5.09. The number of carbonyl (C=O) groups excluding carboxylic acids is 2. The van der Waals surface area contributed by atoms with Crippen LogP contribution >= 0.6 is 0 Å². The van der Waals surface area contributed by atoms with Crippen molar-refractivity contribution >= 4 is 23.5 Å². The zero-order valence-electron chi connectivity index (χ0n) is 11.8. The van der Waals surface area contributed by atoms with E-state index in [2.05, 4.69) is 5.32 Å². The van der Waals surface area contributed by atoms with Crippen LogP contribution in [0, 0.1) is 5.92 Å². The van der Waals surface area contributed by atoms with Gasteiger partial charge in [0.05, 0.1) is 0 Å². The molecule has 0 spiro atoms. The van der Waals surface area contributed by atoms with Crippen molar-refractivity contribution in [2.75, 3.05) is 11.4 Å². The molecule has 2 N–H and O–H groups in total. The van der Waals surface area contributed by atoms with Crippen molar-refractivity contribution in [3.8, 4) is 0 Å². The molecule has 0 radical (unpaired) electrons. The topological polar surface area (TPSA) is 86.7 Å². The molecular formula is C15H18N2O4. The van der Waals surface area contributed by atoms with E-state index in [4.69, 9.17) is 5.11 Å². The van der Waals surface area contributed by atoms with E-state index < -0.39 is 23.8 Å². The first-order valence-corrected chi connectivity index (χ1v) is 6.90. The van der Waals surface area contributed by atoms with Crippen LogP contribution in [0.2, 0.25) is 0 Å². The maximum Gasteiger partial charge on any atom is 0.315 e. The predicted molar refractivity (Wildman–Crippen MR) is 76.8 cm³/mol. The number of rotatable bonds is 4. The average Bonchev–Trinajstić information content (AvgIpc) is 2.49. The van der Waals surface area contributed by atoms with Gasteiger partial charge in [0.1, 0.15) is 12.0 Å². The molecule has 6 nitrogen and oxygen atoms in total. The summed E-state index contributed by atoms with van der Waals surface area (Å²) in [6.07, 6.45) is 1.28. The summed E-state index contributed by atoms with van der Waals surface area (Å²) in [7, 11) is 0. The number of amides is 2. The summed E-state index contributed by atoms with van der Waals surface area (Å²) in [4.78, 5) is 36.6. The number of para-hydroxylation sites is 1. The number of carboxylic acid groups (broad SMARTS) is 1. The maximum atomic E-state index is 12.4. The highest BCUT2D eigenvalue weighted by Crippen LogP contribution is 2.20. The van der Waals surface area contributed by atoms with Gasteiger partial charge < -0.3 is 15.3 Å². The fourth-order valence-electron chi connectivity index (χ4n) is 2.28. The number of benzene rings is 1. The van der Waals surface area contributed by atoms with E-state index in [1.807, 2.05) is 30.3 Å². The van der Waals surface area contributed by atoms with Gasteiger partial charge in [-0.05, 0) is 31.9 Å². The van der Waals surface area contributed by atoms with E-state index in [0.717, 1.165) is 12.1 Å². The van der Waals surface area contributed by atoms with Crippen molar-refractivity contribution in [2.24, 2.45) is 5.92 Å². The molecule has 0 aromatic heterocycles. The molecule has 0 saturated carbocycles. The Balaban J connectivity index is 2.07. The van der Waals surface area contributed by atoms with Crippen molar-refractivity contribution in [3.63, 3.8) is 0 Å². The number of carbonyl (C=O) groups is 3. The van der Waals surface area contributed by atoms with Crippen LogP contribution in [0.1, 0.15) is 19.8 Å². The summed E-state index contributed by atoms with van der Waals surface area (Å²) in [6.45, 7) is 1.91. The van der Waals surface area contributed by atoms with Crippen LogP contribution in [-0.4, -0.2) is 35.5 Å². The fraction of sp³-hybridized carbons (Fsp3) is 0.400. The SMILES string of the molecule is CC(C(=O)O)C(=O)NC1CCCN(c2ccccc2)C1=O. The summed E-state index contributed by atoms with van der Waals surface area (Å²) < 4.78 is 0. The molecule has 2 rings (SSSR count). The zero-order chi connectivity index (χ0) is 15.4. The van der Waals surface area contributed by atoms with Gasteiger partial charge in [-0.1, -0.05) is 18.2 Å². The number of piperidine rings is 1. The second-order valence-electron chi connectivity index (χ2n) is 5.09. The van der Waals surface area contributed by atoms with E-state index in [0.29, 0.717) is 13.0 Å². The monoisotopic (exact) mass is 290 g/mol. The highest BCUT2D eigenvalue weighted by molar-refractivity contribution is 6.02. The van der Waals surface area contributed by atoms with E-state index in [-0.39, 0.29) is 5.91 Å². The maximum absolute atomic E-state index is 12.4. The Hall–Kier alpha value is -2.37. The number of carboxylic acids is 1. The predicted octanol–water partition coefficient (Wildman–Crippen LogP) is 1.02. The Labute approximate surface area is 122 Å². The van der Waals surface area contributed by atoms with E-state index in [9.17, 15) is 14.4 Å². The highest BCUT2D eigenvalue weighted by atomic mass is 16.4. The lowest BCUT2D eigenvalue weighted by Crippen LogP contribution is -2.53. The third-order valence-corrected chi connectivity index (χ3v) is 3.59. The molecule has 0 aliphatic carbocycles. The smallest absolute Gasteiger partial charge is 0.315 e. The van der Waals surface area contributed by atoms with Crippen molar-refractivity contribution < 1.29 is 19.5 Å². The van der Waals surface area contributed by atoms with Gasteiger partial charge in [0.15, 0.2) is 0 Å². The summed E-state index contributed by atoms with van der Waals surface area (Å²) in [6, 6.07) is 8.57. The van der Waals surface area contributed by atoms with E-state index >= 15 is 0 Å². The molecular weight excluding hydrogens is 272 g/mol. The van der Waals surface area contributed by atoms with Crippen LogP contribution in [0.4, 0.5) is 5.69 Å². The van der Waals surface area contributed by atoms with Crippen molar-refractivity contribution in [1.29, 1.82) is 0 Å². The van der Waals surface area contributed by atoms with E-state index in [1.54, 1.807) is 4.90 Å². The minimum absolute atomic E-state index is 0.196. The number of hydrogen-bond donors (Lipinski definition) is 2. The molecule has 2 amide bonds. The Morgan fingerprint density at radius 2 is 2.00 bits per heavy atom. The summed E-state index contributed by atoms with van der Waals surface area (Å²) in [5, 5.41) is 11.4. The second kappa shape index (κ2) is 6.39. The molecule has 1 heterocycles. The molecule has 21 heavy (non-hydrogen) atoms. The number of nitrogens with zero attached hydrogens (tertiary/aromatic N) is 1. The molecule has 1 aromatic carbocycles. The van der Waals surface area contributed by atoms with Crippen LogP contribution in [0.5, 0.6) is 0 Å². The van der Waals surface area contributed by atoms with Gasteiger partial charge >= 0.3 is 5.97 Å². The molecule has 0 bridgehead atoms. The minimum Gasteiger partial charge on any atom is -0.481 e. The Kier molecular flexibility index (Phi) is 4.57. The van der Waals surface area contributed by atoms with Gasteiger partial charge in [0.2, 0.25) is 11.8 Å². The summed E-state index contributed by atoms with van der Waals surface area (Å²) in [5.74, 6) is -3.19. The molecule has 1 saturated heterocycles. The minimum atomic E-state index is -1.20. The molecule has 2 atom stereocenters. The van der Waals surface area contributed by atoms with Crippen LogP contribution in [0.15, 0.2) is 30.3 Å². The Morgan fingerprint density at radius 1 is 1.33 bits per heavy atom. The lowest BCUT2D eigenvalue weighted by Gasteiger charge is -2.33. The largest absolute Gasteiger partial charge is 0.481 e. The summed E-state index contributed by atoms with van der Waals surface area (Å²) >= 11 is 0. The molecule has 1 fully saturated rings. The zero-order valence-corrected chi connectivity index (χ0v) is 11.8. The molecule has 1 aromatic rings. The summed E-state index contributed by atoms with van der Waals surface area (Å²) in [5.41, 5.74) is 0.785. The number of nitrogens with one attached hydrogen (secondary N) is 1. The molecule has 2 unspecified atom stereocenters. The standard InChI is InChI=1S/C15H18N2O4/c1-10(15(20)21)13(18)16-12-8-5-9-17(14(12)19)11-6-3-2-4-7-11/h2-4,6-7,10,12H,5,8-9H2,1H3,(H,16,18)(H,20,21). The third kappa shape index (κ3) is 3.39. The van der Waals surface area contributed by atoms with Gasteiger partial charge in [-0.3, -0.25) is 14.4 Å². The van der Waals surface area contributed by atoms with Crippen LogP contribution < -0.4 is 10.2 Å². The van der Waals surface area contributed by atoms with E-state index in [1.165, 1.54) is 6.92 Å². The molecule has 1 aliphatic heterocycles. The number of hydrogen-bond acceptors (Lipinski definition) is 3. The Morgan fingerprint density at radius 3 is 2.62 bits per heavy atom. The first-order valence-electron chi connectivity index (χ1n) is 6.90. The van der Waals surface area contributed by atoms with Gasteiger partial charge in [-0.2, -0.15) is 0 Å². The lowest BCUT2D eigenvalue weighted by molar-refractivity contribution is -0.147. The molecule has 6 heteroatoms. The van der Waals surface area contributed by atoms with Gasteiger partial charge in [0.25, 0.3) is 0 Å². The molecule has 1 aliphatic rings. The first-order chi connectivity index (χ1) is 10.0. The van der Waals surface area contributed by atoms with Crippen molar-refractivity contribution in [1.82, 2.24) is 5.32 Å². The average molecular weight is 290 g/mol.